The molecule has 0 atom stereocenters. The third-order valence-corrected chi connectivity index (χ3v) is 7.45. The zero-order valence-electron chi connectivity index (χ0n) is 16.7. The lowest BCUT2D eigenvalue weighted by molar-refractivity contribution is -0.139. The van der Waals surface area contributed by atoms with Gasteiger partial charge in [0.05, 0.1) is 10.5 Å². The highest BCUT2D eigenvalue weighted by Gasteiger charge is 2.40. The molecule has 1 N–H and O–H groups in total. The van der Waals surface area contributed by atoms with Crippen LogP contribution in [0.25, 0.3) is 0 Å². The molecule has 2 aromatic carbocycles. The maximum atomic E-state index is 13.2. The molecule has 5 nitrogen and oxygen atoms in total. The van der Waals surface area contributed by atoms with Gasteiger partial charge in [0, 0.05) is 24.7 Å². The van der Waals surface area contributed by atoms with Crippen LogP contribution in [0.15, 0.2) is 47.4 Å². The van der Waals surface area contributed by atoms with Gasteiger partial charge >= 0.3 is 6.18 Å². The largest absolute Gasteiger partial charge is 0.417 e. The summed E-state index contributed by atoms with van der Waals surface area (Å²) in [4.78, 5) is 11.9. The molecule has 2 aromatic rings. The van der Waals surface area contributed by atoms with E-state index in [0.717, 1.165) is 33.6 Å². The average molecular weight is 440 g/mol. The van der Waals surface area contributed by atoms with Gasteiger partial charge in [0.15, 0.2) is 0 Å². The molecule has 0 aliphatic carbocycles. The highest BCUT2D eigenvalue weighted by Crippen LogP contribution is 2.36. The number of nitrogens with zero attached hydrogens (tertiary/aromatic N) is 1. The first kappa shape index (κ1) is 22.3. The zero-order valence-corrected chi connectivity index (χ0v) is 17.5. The number of nitrogens with one attached hydrogen (secondary N) is 1. The van der Waals surface area contributed by atoms with Crippen LogP contribution in [0, 0.1) is 19.8 Å². The van der Waals surface area contributed by atoms with Crippen LogP contribution in [0.1, 0.15) is 29.5 Å². The second kappa shape index (κ2) is 8.39. The van der Waals surface area contributed by atoms with Crippen molar-refractivity contribution in [3.8, 4) is 0 Å². The van der Waals surface area contributed by atoms with E-state index >= 15 is 0 Å². The molecule has 0 aromatic heterocycles. The van der Waals surface area contributed by atoms with Crippen molar-refractivity contribution >= 4 is 21.6 Å². The number of anilines is 1. The summed E-state index contributed by atoms with van der Waals surface area (Å²) in [5.74, 6) is -0.620. The van der Waals surface area contributed by atoms with Gasteiger partial charge in [-0.05, 0) is 56.0 Å². The molecule has 0 unspecified atom stereocenters. The van der Waals surface area contributed by atoms with Crippen LogP contribution in [-0.4, -0.2) is 31.7 Å². The fourth-order valence-corrected chi connectivity index (χ4v) is 5.23. The van der Waals surface area contributed by atoms with Gasteiger partial charge in [-0.3, -0.25) is 4.79 Å². The summed E-state index contributed by atoms with van der Waals surface area (Å²) >= 11 is 0. The molecule has 1 amide bonds. The maximum absolute atomic E-state index is 13.2. The molecule has 0 spiro atoms. The van der Waals surface area contributed by atoms with Gasteiger partial charge in [-0.1, -0.05) is 24.3 Å². The molecule has 1 heterocycles. The molecular formula is C21H23F3N2O3S. The normalized spacial score (nSPS) is 16.4. The number of hydrogen-bond acceptors (Lipinski definition) is 3. The van der Waals surface area contributed by atoms with E-state index in [1.54, 1.807) is 6.07 Å². The number of halogens is 3. The Hall–Kier alpha value is -2.39. The SMILES string of the molecule is Cc1cccc(NC(=O)C2CCN(S(=O)(=O)c3ccccc3C(F)(F)F)CC2)c1C. The average Bonchev–Trinajstić information content (AvgIpc) is 2.71. The van der Waals surface area contributed by atoms with Crippen molar-refractivity contribution in [3.63, 3.8) is 0 Å². The van der Waals surface area contributed by atoms with E-state index in [2.05, 4.69) is 5.32 Å². The summed E-state index contributed by atoms with van der Waals surface area (Å²) < 4.78 is 66.4. The first-order chi connectivity index (χ1) is 14.0. The lowest BCUT2D eigenvalue weighted by atomic mass is 9.97. The Kier molecular flexibility index (Phi) is 6.24. The fourth-order valence-electron chi connectivity index (χ4n) is 3.54. The molecule has 0 radical (unpaired) electrons. The van der Waals surface area contributed by atoms with E-state index < -0.39 is 32.6 Å². The number of carbonyl (C=O) groups excluding carboxylic acids is 1. The van der Waals surface area contributed by atoms with Crippen LogP contribution in [0.5, 0.6) is 0 Å². The van der Waals surface area contributed by atoms with Gasteiger partial charge in [-0.15, -0.1) is 0 Å². The number of piperidine rings is 1. The second-order valence-corrected chi connectivity index (χ2v) is 9.32. The van der Waals surface area contributed by atoms with Crippen LogP contribution >= 0.6 is 0 Å². The third kappa shape index (κ3) is 4.52. The quantitative estimate of drug-likeness (QED) is 0.768. The van der Waals surface area contributed by atoms with Crippen LogP contribution in [-0.2, 0) is 21.0 Å². The van der Waals surface area contributed by atoms with E-state index in [0.29, 0.717) is 5.69 Å². The van der Waals surface area contributed by atoms with Crippen LogP contribution in [0.3, 0.4) is 0 Å². The molecule has 9 heteroatoms. The smallest absolute Gasteiger partial charge is 0.326 e. The van der Waals surface area contributed by atoms with Crippen molar-refractivity contribution in [1.82, 2.24) is 4.31 Å². The molecule has 0 saturated carbocycles. The molecule has 30 heavy (non-hydrogen) atoms. The molecule has 1 aliphatic rings. The molecular weight excluding hydrogens is 417 g/mol. The fraction of sp³-hybridized carbons (Fsp3) is 0.381. The summed E-state index contributed by atoms with van der Waals surface area (Å²) in [6, 6.07) is 9.74. The topological polar surface area (TPSA) is 66.5 Å². The predicted octanol–water partition coefficient (Wildman–Crippen LogP) is 4.36. The van der Waals surface area contributed by atoms with Crippen molar-refractivity contribution in [2.75, 3.05) is 18.4 Å². The molecule has 0 bridgehead atoms. The van der Waals surface area contributed by atoms with Gasteiger partial charge in [-0.2, -0.15) is 17.5 Å². The number of rotatable bonds is 4. The highest BCUT2D eigenvalue weighted by atomic mass is 32.2. The Morgan fingerprint density at radius 1 is 1.03 bits per heavy atom. The third-order valence-electron chi connectivity index (χ3n) is 5.50. The molecule has 1 saturated heterocycles. The number of carbonyl (C=O) groups is 1. The highest BCUT2D eigenvalue weighted by molar-refractivity contribution is 7.89. The van der Waals surface area contributed by atoms with Gasteiger partial charge < -0.3 is 5.32 Å². The summed E-state index contributed by atoms with van der Waals surface area (Å²) in [6.45, 7) is 3.81. The molecule has 162 valence electrons. The number of hydrogen-bond donors (Lipinski definition) is 1. The zero-order chi connectivity index (χ0) is 22.1. The van der Waals surface area contributed by atoms with Gasteiger partial charge in [-0.25, -0.2) is 8.42 Å². The minimum atomic E-state index is -4.77. The van der Waals surface area contributed by atoms with Crippen molar-refractivity contribution < 1.29 is 26.4 Å². The van der Waals surface area contributed by atoms with Crippen molar-refractivity contribution in [2.24, 2.45) is 5.92 Å². The van der Waals surface area contributed by atoms with Crippen LogP contribution in [0.2, 0.25) is 0 Å². The first-order valence-corrected chi connectivity index (χ1v) is 11.0. The van der Waals surface area contributed by atoms with Crippen molar-refractivity contribution in [1.29, 1.82) is 0 Å². The maximum Gasteiger partial charge on any atom is 0.417 e. The van der Waals surface area contributed by atoms with E-state index in [1.807, 2.05) is 26.0 Å². The number of aryl methyl sites for hydroxylation is 1. The lowest BCUT2D eigenvalue weighted by Crippen LogP contribution is -2.42. The number of sulfonamides is 1. The number of amides is 1. The monoisotopic (exact) mass is 440 g/mol. The summed E-state index contributed by atoms with van der Waals surface area (Å²) in [7, 11) is -4.31. The minimum absolute atomic E-state index is 0.0145. The van der Waals surface area contributed by atoms with Gasteiger partial charge in [0.2, 0.25) is 15.9 Å². The number of benzene rings is 2. The number of alkyl halides is 3. The van der Waals surface area contributed by atoms with Crippen molar-refractivity contribution in [3.05, 3.63) is 59.2 Å². The Labute approximate surface area is 173 Å². The van der Waals surface area contributed by atoms with E-state index in [4.69, 9.17) is 0 Å². The Bertz CT molecular complexity index is 1040. The summed E-state index contributed by atoms with van der Waals surface area (Å²) in [6.07, 6.45) is -4.29. The van der Waals surface area contributed by atoms with Gasteiger partial charge in [0.25, 0.3) is 0 Å². The molecule has 1 fully saturated rings. The Morgan fingerprint density at radius 2 is 1.67 bits per heavy atom. The van der Waals surface area contributed by atoms with E-state index in [-0.39, 0.29) is 31.8 Å². The summed E-state index contributed by atoms with van der Waals surface area (Å²) in [5.41, 5.74) is 1.51. The molecule has 1 aliphatic heterocycles. The van der Waals surface area contributed by atoms with Gasteiger partial charge in [0.1, 0.15) is 0 Å². The minimum Gasteiger partial charge on any atom is -0.326 e. The Balaban J connectivity index is 1.71. The van der Waals surface area contributed by atoms with Crippen LogP contribution < -0.4 is 5.32 Å². The van der Waals surface area contributed by atoms with Crippen molar-refractivity contribution in [2.45, 2.75) is 37.8 Å². The summed E-state index contributed by atoms with van der Waals surface area (Å²) in [5, 5.41) is 2.88. The molecule has 3 rings (SSSR count). The standard InChI is InChI=1S/C21H23F3N2O3S/c1-14-6-5-8-18(15(14)2)25-20(27)16-10-12-26(13-11-16)30(28,29)19-9-4-3-7-17(19)21(22,23)24/h3-9,16H,10-13H2,1-2H3,(H,25,27). The lowest BCUT2D eigenvalue weighted by Gasteiger charge is -2.31. The van der Waals surface area contributed by atoms with E-state index in [9.17, 15) is 26.4 Å². The Morgan fingerprint density at radius 3 is 2.30 bits per heavy atom. The van der Waals surface area contributed by atoms with Crippen LogP contribution in [0.4, 0.5) is 18.9 Å². The predicted molar refractivity (Wildman–Crippen MR) is 107 cm³/mol. The van der Waals surface area contributed by atoms with E-state index in [1.165, 1.54) is 6.07 Å². The second-order valence-electron chi connectivity index (χ2n) is 7.41. The first-order valence-electron chi connectivity index (χ1n) is 9.55.